The fourth-order valence-electron chi connectivity index (χ4n) is 3.59. The monoisotopic (exact) mass is 361 g/mol. The lowest BCUT2D eigenvalue weighted by atomic mass is 10.1. The molecule has 0 aliphatic carbocycles. The maximum absolute atomic E-state index is 13.9. The molecule has 1 aliphatic heterocycles. The van der Waals surface area contributed by atoms with Crippen LogP contribution in [0.4, 0.5) is 4.39 Å². The van der Waals surface area contributed by atoms with Crippen LogP contribution < -0.4 is 0 Å². The number of hydrogen-bond acceptors (Lipinski definition) is 3. The Morgan fingerprint density at radius 3 is 2.81 bits per heavy atom. The van der Waals surface area contributed by atoms with Crippen molar-refractivity contribution < 1.29 is 9.18 Å². The maximum atomic E-state index is 13.9. The summed E-state index contributed by atoms with van der Waals surface area (Å²) in [4.78, 5) is 23.5. The summed E-state index contributed by atoms with van der Waals surface area (Å²) in [6.07, 6.45) is 5.51. The van der Waals surface area contributed by atoms with Crippen molar-refractivity contribution in [2.45, 2.75) is 25.3 Å². The molecule has 136 valence electrons. The van der Waals surface area contributed by atoms with E-state index in [9.17, 15) is 9.18 Å². The zero-order valence-corrected chi connectivity index (χ0v) is 14.9. The van der Waals surface area contributed by atoms with Gasteiger partial charge in [0, 0.05) is 31.1 Å². The Labute approximate surface area is 157 Å². The lowest BCUT2D eigenvalue weighted by Crippen LogP contribution is -2.31. The van der Waals surface area contributed by atoms with Crippen LogP contribution in [0, 0.1) is 5.82 Å². The molecule has 4 nitrogen and oxygen atoms in total. The summed E-state index contributed by atoms with van der Waals surface area (Å²) in [7, 11) is 0. The lowest BCUT2D eigenvalue weighted by molar-refractivity contribution is 0.0732. The standard InChI is InChI=1S/C22H20FN3O/c23-19-9-2-1-6-16(19)14-18-8-3-10-20(25-18)21-11-5-13-26(21)22(27)17-7-4-12-24-15-17/h1-4,6-10,12,15,21H,5,11,13-14H2/t21-/m0/s1. The van der Waals surface area contributed by atoms with Gasteiger partial charge in [-0.25, -0.2) is 4.39 Å². The highest BCUT2D eigenvalue weighted by atomic mass is 19.1. The number of halogens is 1. The third-order valence-electron chi connectivity index (χ3n) is 4.92. The number of likely N-dealkylation sites (tertiary alicyclic amines) is 1. The third-order valence-corrected chi connectivity index (χ3v) is 4.92. The second-order valence-corrected chi connectivity index (χ2v) is 6.72. The Bertz CT molecular complexity index is 945. The quantitative estimate of drug-likeness (QED) is 0.700. The van der Waals surface area contributed by atoms with Gasteiger partial charge in [-0.3, -0.25) is 14.8 Å². The van der Waals surface area contributed by atoms with E-state index >= 15 is 0 Å². The fourth-order valence-corrected chi connectivity index (χ4v) is 3.59. The first-order valence-corrected chi connectivity index (χ1v) is 9.12. The van der Waals surface area contributed by atoms with E-state index in [1.165, 1.54) is 6.07 Å². The predicted molar refractivity (Wildman–Crippen MR) is 101 cm³/mol. The summed E-state index contributed by atoms with van der Waals surface area (Å²) in [5.41, 5.74) is 2.88. The Morgan fingerprint density at radius 2 is 2.00 bits per heavy atom. The molecular formula is C22H20FN3O. The summed E-state index contributed by atoms with van der Waals surface area (Å²) >= 11 is 0. The van der Waals surface area contributed by atoms with Crippen molar-refractivity contribution in [3.05, 3.63) is 95.3 Å². The molecule has 0 N–H and O–H groups in total. The van der Waals surface area contributed by atoms with Crippen LogP contribution in [0.1, 0.15) is 46.2 Å². The molecule has 2 aromatic heterocycles. The normalized spacial score (nSPS) is 16.5. The van der Waals surface area contributed by atoms with E-state index in [1.54, 1.807) is 36.7 Å². The lowest BCUT2D eigenvalue weighted by Gasteiger charge is -2.24. The molecule has 0 bridgehead atoms. The van der Waals surface area contributed by atoms with Crippen molar-refractivity contribution in [2.75, 3.05) is 6.54 Å². The van der Waals surface area contributed by atoms with Crippen molar-refractivity contribution in [3.63, 3.8) is 0 Å². The highest BCUT2D eigenvalue weighted by molar-refractivity contribution is 5.94. The molecule has 0 radical (unpaired) electrons. The van der Waals surface area contributed by atoms with Crippen LogP contribution in [0.15, 0.2) is 67.0 Å². The minimum absolute atomic E-state index is 0.0214. The molecule has 0 spiro atoms. The number of amides is 1. The average molecular weight is 361 g/mol. The molecule has 1 fully saturated rings. The van der Waals surface area contributed by atoms with E-state index in [4.69, 9.17) is 4.98 Å². The summed E-state index contributed by atoms with van der Waals surface area (Å²) in [6.45, 7) is 0.706. The van der Waals surface area contributed by atoms with Crippen molar-refractivity contribution in [3.8, 4) is 0 Å². The number of nitrogens with zero attached hydrogens (tertiary/aromatic N) is 3. The van der Waals surface area contributed by atoms with Crippen molar-refractivity contribution >= 4 is 5.91 Å². The largest absolute Gasteiger partial charge is 0.330 e. The van der Waals surface area contributed by atoms with Crippen molar-refractivity contribution in [2.24, 2.45) is 0 Å². The molecule has 3 aromatic rings. The smallest absolute Gasteiger partial charge is 0.255 e. The van der Waals surface area contributed by atoms with Crippen LogP contribution in [0.5, 0.6) is 0 Å². The SMILES string of the molecule is O=C(c1cccnc1)N1CCC[C@H]1c1cccc(Cc2ccccc2F)n1. The van der Waals surface area contributed by atoms with E-state index in [1.807, 2.05) is 29.2 Å². The Balaban J connectivity index is 1.57. The highest BCUT2D eigenvalue weighted by Crippen LogP contribution is 2.32. The summed E-state index contributed by atoms with van der Waals surface area (Å²) in [5.74, 6) is -0.245. The molecule has 1 saturated heterocycles. The second kappa shape index (κ2) is 7.66. The van der Waals surface area contributed by atoms with Gasteiger partial charge in [-0.1, -0.05) is 24.3 Å². The predicted octanol–water partition coefficient (Wildman–Crippen LogP) is 4.18. The van der Waals surface area contributed by atoms with Crippen LogP contribution in [-0.4, -0.2) is 27.3 Å². The van der Waals surface area contributed by atoms with E-state index in [0.717, 1.165) is 24.2 Å². The molecule has 1 aromatic carbocycles. The Morgan fingerprint density at radius 1 is 1.11 bits per heavy atom. The molecular weight excluding hydrogens is 341 g/mol. The van der Waals surface area contributed by atoms with Gasteiger partial charge in [0.1, 0.15) is 5.82 Å². The van der Waals surface area contributed by atoms with E-state index in [-0.39, 0.29) is 17.8 Å². The highest BCUT2D eigenvalue weighted by Gasteiger charge is 2.31. The first kappa shape index (κ1) is 17.3. The van der Waals surface area contributed by atoms with E-state index in [2.05, 4.69) is 4.98 Å². The summed E-state index contributed by atoms with van der Waals surface area (Å²) < 4.78 is 13.9. The third kappa shape index (κ3) is 3.72. The van der Waals surface area contributed by atoms with Crippen molar-refractivity contribution in [1.82, 2.24) is 14.9 Å². The maximum Gasteiger partial charge on any atom is 0.255 e. The molecule has 4 rings (SSSR count). The van der Waals surface area contributed by atoms with E-state index in [0.29, 0.717) is 24.1 Å². The number of hydrogen-bond donors (Lipinski definition) is 0. The molecule has 1 aliphatic rings. The van der Waals surface area contributed by atoms with Gasteiger partial charge in [0.05, 0.1) is 17.3 Å². The van der Waals surface area contributed by atoms with Gasteiger partial charge in [-0.05, 0) is 48.7 Å². The van der Waals surface area contributed by atoms with Gasteiger partial charge in [-0.15, -0.1) is 0 Å². The van der Waals surface area contributed by atoms with Crippen molar-refractivity contribution in [1.29, 1.82) is 0 Å². The summed E-state index contributed by atoms with van der Waals surface area (Å²) in [5, 5.41) is 0. The molecule has 0 saturated carbocycles. The molecule has 0 unspecified atom stereocenters. The van der Waals surface area contributed by atoms with Gasteiger partial charge >= 0.3 is 0 Å². The van der Waals surface area contributed by atoms with Gasteiger partial charge < -0.3 is 4.90 Å². The Kier molecular flexibility index (Phi) is 4.92. The molecule has 1 atom stereocenters. The number of rotatable bonds is 4. The second-order valence-electron chi connectivity index (χ2n) is 6.72. The fraction of sp³-hybridized carbons (Fsp3) is 0.227. The number of carbonyl (C=O) groups is 1. The van der Waals surface area contributed by atoms with E-state index < -0.39 is 0 Å². The van der Waals surface area contributed by atoms with Crippen LogP contribution in [-0.2, 0) is 6.42 Å². The number of pyridine rings is 2. The first-order valence-electron chi connectivity index (χ1n) is 9.12. The number of benzene rings is 1. The zero-order valence-electron chi connectivity index (χ0n) is 14.9. The van der Waals surface area contributed by atoms with Gasteiger partial charge in [0.15, 0.2) is 0 Å². The number of aromatic nitrogens is 2. The van der Waals surface area contributed by atoms with Gasteiger partial charge in [0.25, 0.3) is 5.91 Å². The Hall–Kier alpha value is -3.08. The topological polar surface area (TPSA) is 46.1 Å². The minimum Gasteiger partial charge on any atom is -0.330 e. The first-order chi connectivity index (χ1) is 13.2. The zero-order chi connectivity index (χ0) is 18.6. The molecule has 5 heteroatoms. The molecule has 3 heterocycles. The summed E-state index contributed by atoms with van der Waals surface area (Å²) in [6, 6.07) is 16.0. The van der Waals surface area contributed by atoms with Gasteiger partial charge in [0.2, 0.25) is 0 Å². The minimum atomic E-state index is -0.223. The van der Waals surface area contributed by atoms with Crippen LogP contribution >= 0.6 is 0 Å². The van der Waals surface area contributed by atoms with Crippen LogP contribution in [0.2, 0.25) is 0 Å². The molecule has 1 amide bonds. The van der Waals surface area contributed by atoms with Crippen LogP contribution in [0.3, 0.4) is 0 Å². The average Bonchev–Trinajstić information content (AvgIpc) is 3.20. The van der Waals surface area contributed by atoms with Crippen LogP contribution in [0.25, 0.3) is 0 Å². The molecule has 27 heavy (non-hydrogen) atoms. The van der Waals surface area contributed by atoms with Gasteiger partial charge in [-0.2, -0.15) is 0 Å². The number of carbonyl (C=O) groups excluding carboxylic acids is 1.